The molecule has 4 nitrogen and oxygen atoms in total. The summed E-state index contributed by atoms with van der Waals surface area (Å²) in [6.45, 7) is 8.26. The minimum Gasteiger partial charge on any atom is -0.472 e. The third-order valence-electron chi connectivity index (χ3n) is 4.44. The number of furan rings is 1. The fourth-order valence-corrected chi connectivity index (χ4v) is 3.29. The van der Waals surface area contributed by atoms with Crippen LogP contribution >= 0.6 is 0 Å². The molecule has 1 N–H and O–H groups in total. The Bertz CT molecular complexity index is 365. The molecule has 0 saturated carbocycles. The lowest BCUT2D eigenvalue weighted by Crippen LogP contribution is -2.55. The fraction of sp³-hybridized carbons (Fsp3) is 0.733. The Morgan fingerprint density at radius 1 is 1.26 bits per heavy atom. The van der Waals surface area contributed by atoms with E-state index in [2.05, 4.69) is 15.1 Å². The van der Waals surface area contributed by atoms with Gasteiger partial charge in [-0.15, -0.1) is 0 Å². The van der Waals surface area contributed by atoms with Crippen molar-refractivity contribution in [1.82, 2.24) is 15.1 Å². The molecular formula is C15H25N3O. The molecule has 0 bridgehead atoms. The van der Waals surface area contributed by atoms with Crippen LogP contribution in [0.1, 0.15) is 24.8 Å². The van der Waals surface area contributed by atoms with Crippen LogP contribution in [0.25, 0.3) is 0 Å². The Morgan fingerprint density at radius 2 is 2.26 bits per heavy atom. The van der Waals surface area contributed by atoms with Crippen LogP contribution in [0.4, 0.5) is 0 Å². The van der Waals surface area contributed by atoms with E-state index in [1.807, 2.05) is 12.3 Å². The number of nitrogens with one attached hydrogen (secondary N) is 1. The van der Waals surface area contributed by atoms with Gasteiger partial charge in [0, 0.05) is 50.9 Å². The zero-order valence-electron chi connectivity index (χ0n) is 11.7. The lowest BCUT2D eigenvalue weighted by Gasteiger charge is -2.44. The van der Waals surface area contributed by atoms with E-state index in [-0.39, 0.29) is 0 Å². The van der Waals surface area contributed by atoms with E-state index in [0.717, 1.165) is 19.1 Å². The number of hydrogen-bond acceptors (Lipinski definition) is 4. The zero-order chi connectivity index (χ0) is 12.9. The van der Waals surface area contributed by atoms with E-state index in [1.165, 1.54) is 57.5 Å². The maximum atomic E-state index is 5.06. The van der Waals surface area contributed by atoms with Gasteiger partial charge in [-0.25, -0.2) is 0 Å². The lowest BCUT2D eigenvalue weighted by atomic mass is 9.99. The van der Waals surface area contributed by atoms with Crippen LogP contribution in [-0.4, -0.2) is 55.1 Å². The molecule has 2 aliphatic rings. The first-order valence-corrected chi connectivity index (χ1v) is 7.60. The molecule has 2 saturated heterocycles. The van der Waals surface area contributed by atoms with Gasteiger partial charge in [0.2, 0.25) is 0 Å². The van der Waals surface area contributed by atoms with E-state index in [1.54, 1.807) is 6.26 Å². The van der Waals surface area contributed by atoms with Crippen molar-refractivity contribution < 1.29 is 4.42 Å². The first-order valence-electron chi connectivity index (χ1n) is 7.60. The van der Waals surface area contributed by atoms with Gasteiger partial charge >= 0.3 is 0 Å². The van der Waals surface area contributed by atoms with Gasteiger partial charge in [-0.2, -0.15) is 0 Å². The zero-order valence-corrected chi connectivity index (χ0v) is 11.7. The van der Waals surface area contributed by atoms with Crippen LogP contribution in [0.15, 0.2) is 23.0 Å². The topological polar surface area (TPSA) is 31.6 Å². The SMILES string of the molecule is c1cc(CNCCN2CCN3CCCCC3C2)co1. The van der Waals surface area contributed by atoms with Crippen molar-refractivity contribution in [3.8, 4) is 0 Å². The molecule has 2 fully saturated rings. The molecule has 3 heterocycles. The summed E-state index contributed by atoms with van der Waals surface area (Å²) in [5.74, 6) is 0. The largest absolute Gasteiger partial charge is 0.472 e. The monoisotopic (exact) mass is 263 g/mol. The molecule has 2 aliphatic heterocycles. The number of nitrogens with zero attached hydrogens (tertiary/aromatic N) is 2. The van der Waals surface area contributed by atoms with Gasteiger partial charge in [-0.3, -0.25) is 9.80 Å². The molecule has 1 atom stereocenters. The smallest absolute Gasteiger partial charge is 0.0947 e. The van der Waals surface area contributed by atoms with Gasteiger partial charge in [0.1, 0.15) is 0 Å². The minimum atomic E-state index is 0.830. The van der Waals surface area contributed by atoms with E-state index in [0.29, 0.717) is 0 Å². The molecule has 0 radical (unpaired) electrons. The van der Waals surface area contributed by atoms with Crippen LogP contribution in [-0.2, 0) is 6.54 Å². The van der Waals surface area contributed by atoms with Gasteiger partial charge in [-0.1, -0.05) is 6.42 Å². The molecule has 0 spiro atoms. The molecule has 19 heavy (non-hydrogen) atoms. The number of rotatable bonds is 5. The summed E-state index contributed by atoms with van der Waals surface area (Å²) in [5.41, 5.74) is 1.23. The van der Waals surface area contributed by atoms with Crippen LogP contribution in [0.2, 0.25) is 0 Å². The van der Waals surface area contributed by atoms with Crippen molar-refractivity contribution in [3.63, 3.8) is 0 Å². The maximum Gasteiger partial charge on any atom is 0.0947 e. The molecule has 0 aliphatic carbocycles. The summed E-state index contributed by atoms with van der Waals surface area (Å²) in [6, 6.07) is 2.85. The third kappa shape index (κ3) is 3.59. The van der Waals surface area contributed by atoms with Gasteiger partial charge in [0.05, 0.1) is 12.5 Å². The highest BCUT2D eigenvalue weighted by molar-refractivity contribution is 5.04. The van der Waals surface area contributed by atoms with Crippen molar-refractivity contribution in [3.05, 3.63) is 24.2 Å². The van der Waals surface area contributed by atoms with E-state index in [9.17, 15) is 0 Å². The molecule has 0 aromatic carbocycles. The van der Waals surface area contributed by atoms with Crippen molar-refractivity contribution in [2.45, 2.75) is 31.8 Å². The first-order chi connectivity index (χ1) is 9.42. The molecule has 106 valence electrons. The average molecular weight is 263 g/mol. The van der Waals surface area contributed by atoms with Crippen molar-refractivity contribution in [2.75, 3.05) is 39.3 Å². The summed E-state index contributed by atoms with van der Waals surface area (Å²) in [5, 5.41) is 3.49. The Morgan fingerprint density at radius 3 is 3.16 bits per heavy atom. The molecule has 1 aromatic rings. The lowest BCUT2D eigenvalue weighted by molar-refractivity contribution is 0.0499. The highest BCUT2D eigenvalue weighted by atomic mass is 16.3. The molecular weight excluding hydrogens is 238 g/mol. The van der Waals surface area contributed by atoms with Crippen LogP contribution in [0.5, 0.6) is 0 Å². The number of piperazine rings is 1. The molecule has 3 rings (SSSR count). The van der Waals surface area contributed by atoms with Gasteiger partial charge in [0.25, 0.3) is 0 Å². The van der Waals surface area contributed by atoms with Gasteiger partial charge in [0.15, 0.2) is 0 Å². The number of piperidine rings is 1. The van der Waals surface area contributed by atoms with Crippen molar-refractivity contribution in [1.29, 1.82) is 0 Å². The Balaban J connectivity index is 1.34. The summed E-state index contributed by atoms with van der Waals surface area (Å²) in [6.07, 6.45) is 7.78. The second-order valence-corrected chi connectivity index (χ2v) is 5.79. The second kappa shape index (κ2) is 6.55. The highest BCUT2D eigenvalue weighted by Gasteiger charge is 2.28. The van der Waals surface area contributed by atoms with Gasteiger partial charge < -0.3 is 9.73 Å². The average Bonchev–Trinajstić information content (AvgIpc) is 2.97. The summed E-state index contributed by atoms with van der Waals surface area (Å²) in [4.78, 5) is 5.31. The first kappa shape index (κ1) is 13.2. The second-order valence-electron chi connectivity index (χ2n) is 5.79. The summed E-state index contributed by atoms with van der Waals surface area (Å²) >= 11 is 0. The Kier molecular flexibility index (Phi) is 4.53. The molecule has 1 aromatic heterocycles. The standard InChI is InChI=1S/C15H25N3O/c1-2-6-18-9-8-17(12-15(18)3-1)7-5-16-11-14-4-10-19-13-14/h4,10,13,15-16H,1-3,5-9,11-12H2. The Hall–Kier alpha value is -0.840. The predicted molar refractivity (Wildman–Crippen MR) is 76.1 cm³/mol. The summed E-state index contributed by atoms with van der Waals surface area (Å²) < 4.78 is 5.06. The number of fused-ring (bicyclic) bond motifs is 1. The predicted octanol–water partition coefficient (Wildman–Crippen LogP) is 1.54. The fourth-order valence-electron chi connectivity index (χ4n) is 3.29. The maximum absolute atomic E-state index is 5.06. The van der Waals surface area contributed by atoms with Crippen LogP contribution in [0.3, 0.4) is 0 Å². The van der Waals surface area contributed by atoms with Crippen LogP contribution < -0.4 is 5.32 Å². The normalized spacial score (nSPS) is 25.4. The Labute approximate surface area is 115 Å². The van der Waals surface area contributed by atoms with E-state index >= 15 is 0 Å². The van der Waals surface area contributed by atoms with Crippen molar-refractivity contribution in [2.24, 2.45) is 0 Å². The summed E-state index contributed by atoms with van der Waals surface area (Å²) in [7, 11) is 0. The van der Waals surface area contributed by atoms with Crippen LogP contribution in [0, 0.1) is 0 Å². The van der Waals surface area contributed by atoms with Gasteiger partial charge in [-0.05, 0) is 25.5 Å². The molecule has 0 amide bonds. The number of hydrogen-bond donors (Lipinski definition) is 1. The molecule has 4 heteroatoms. The quantitative estimate of drug-likeness (QED) is 0.817. The molecule has 1 unspecified atom stereocenters. The van der Waals surface area contributed by atoms with E-state index in [4.69, 9.17) is 4.42 Å². The van der Waals surface area contributed by atoms with Crippen molar-refractivity contribution >= 4 is 0 Å². The van der Waals surface area contributed by atoms with E-state index < -0.39 is 0 Å². The highest BCUT2D eigenvalue weighted by Crippen LogP contribution is 2.20. The third-order valence-corrected chi connectivity index (χ3v) is 4.44. The minimum absolute atomic E-state index is 0.830.